The van der Waals surface area contributed by atoms with Gasteiger partial charge < -0.3 is 9.88 Å². The molecule has 7 heteroatoms. The van der Waals surface area contributed by atoms with Gasteiger partial charge in [-0.3, -0.25) is 9.20 Å². The number of aromatic nitrogens is 4. The third-order valence-electron chi connectivity index (χ3n) is 5.12. The van der Waals surface area contributed by atoms with Crippen molar-refractivity contribution in [3.63, 3.8) is 0 Å². The summed E-state index contributed by atoms with van der Waals surface area (Å²) in [6, 6.07) is 21.7. The highest BCUT2D eigenvalue weighted by Gasteiger charge is 2.17. The summed E-state index contributed by atoms with van der Waals surface area (Å²) in [4.78, 5) is 13.1. The summed E-state index contributed by atoms with van der Waals surface area (Å²) in [5.41, 5.74) is 2.58. The first-order valence-electron chi connectivity index (χ1n) is 9.59. The van der Waals surface area contributed by atoms with E-state index in [1.54, 1.807) is 18.2 Å². The van der Waals surface area contributed by atoms with Crippen LogP contribution in [0.15, 0.2) is 79.0 Å². The molecule has 1 N–H and O–H groups in total. The second-order valence-corrected chi connectivity index (χ2v) is 6.99. The van der Waals surface area contributed by atoms with Gasteiger partial charge in [-0.25, -0.2) is 4.39 Å². The van der Waals surface area contributed by atoms with Crippen molar-refractivity contribution < 1.29 is 9.18 Å². The minimum absolute atomic E-state index is 0.227. The Hall–Kier alpha value is -4.00. The van der Waals surface area contributed by atoms with Crippen LogP contribution in [0.4, 0.5) is 4.39 Å². The van der Waals surface area contributed by atoms with E-state index in [0.717, 1.165) is 16.6 Å². The predicted molar refractivity (Wildman–Crippen MR) is 112 cm³/mol. The lowest BCUT2D eigenvalue weighted by Crippen LogP contribution is -2.26. The number of rotatable bonds is 5. The minimum Gasteiger partial charge on any atom is -0.343 e. The average Bonchev–Trinajstić information content (AvgIpc) is 3.35. The van der Waals surface area contributed by atoms with Crippen molar-refractivity contribution in [2.24, 2.45) is 0 Å². The van der Waals surface area contributed by atoms with E-state index in [2.05, 4.69) is 15.5 Å². The van der Waals surface area contributed by atoms with Crippen LogP contribution in [0.25, 0.3) is 16.6 Å². The Balaban J connectivity index is 1.47. The summed E-state index contributed by atoms with van der Waals surface area (Å²) < 4.78 is 17.9. The minimum atomic E-state index is -0.295. The molecule has 5 aromatic rings. The molecule has 2 aromatic carbocycles. The highest BCUT2D eigenvalue weighted by atomic mass is 19.1. The third-order valence-corrected chi connectivity index (χ3v) is 5.12. The molecule has 3 aromatic heterocycles. The van der Waals surface area contributed by atoms with Crippen LogP contribution in [0, 0.1) is 5.82 Å². The molecule has 0 aliphatic heterocycles. The van der Waals surface area contributed by atoms with Gasteiger partial charge in [0.2, 0.25) is 0 Å². The topological polar surface area (TPSA) is 64.2 Å². The zero-order valence-electron chi connectivity index (χ0n) is 16.0. The molecule has 0 fully saturated rings. The fourth-order valence-electron chi connectivity index (χ4n) is 3.63. The number of carbonyl (C=O) groups excluding carboxylic acids is 1. The monoisotopic (exact) mass is 399 g/mol. The van der Waals surface area contributed by atoms with Crippen LogP contribution in [0.1, 0.15) is 21.9 Å². The van der Waals surface area contributed by atoms with E-state index >= 15 is 0 Å². The first-order chi connectivity index (χ1) is 14.7. The van der Waals surface area contributed by atoms with Crippen LogP contribution in [0.5, 0.6) is 0 Å². The smallest absolute Gasteiger partial charge is 0.268 e. The van der Waals surface area contributed by atoms with Gasteiger partial charge in [0.05, 0.1) is 13.1 Å². The molecule has 0 unspecified atom stereocenters. The van der Waals surface area contributed by atoms with Crippen molar-refractivity contribution in [3.8, 4) is 0 Å². The van der Waals surface area contributed by atoms with Gasteiger partial charge >= 0.3 is 0 Å². The van der Waals surface area contributed by atoms with Crippen molar-refractivity contribution in [2.75, 3.05) is 0 Å². The second kappa shape index (κ2) is 7.44. The largest absolute Gasteiger partial charge is 0.343 e. The fourth-order valence-corrected chi connectivity index (χ4v) is 3.63. The fraction of sp³-hybridized carbons (Fsp3) is 0.0870. The maximum atomic E-state index is 14.3. The van der Waals surface area contributed by atoms with E-state index in [9.17, 15) is 9.18 Å². The van der Waals surface area contributed by atoms with E-state index < -0.39 is 0 Å². The zero-order valence-corrected chi connectivity index (χ0v) is 16.0. The van der Waals surface area contributed by atoms with Crippen molar-refractivity contribution in [3.05, 3.63) is 102 Å². The Kier molecular flexibility index (Phi) is 4.48. The normalized spacial score (nSPS) is 11.2. The van der Waals surface area contributed by atoms with Gasteiger partial charge in [0.25, 0.3) is 5.91 Å². The van der Waals surface area contributed by atoms with Crippen LogP contribution < -0.4 is 5.32 Å². The maximum Gasteiger partial charge on any atom is 0.268 e. The van der Waals surface area contributed by atoms with Crippen molar-refractivity contribution in [2.45, 2.75) is 13.1 Å². The van der Waals surface area contributed by atoms with E-state index in [-0.39, 0.29) is 24.8 Å². The van der Waals surface area contributed by atoms with Crippen molar-refractivity contribution >= 4 is 22.5 Å². The number of fused-ring (bicyclic) bond motifs is 2. The molecule has 0 radical (unpaired) electrons. The maximum absolute atomic E-state index is 14.3. The molecule has 0 aliphatic carbocycles. The molecule has 0 aliphatic rings. The molecule has 0 atom stereocenters. The van der Waals surface area contributed by atoms with Crippen LogP contribution in [0.3, 0.4) is 0 Å². The molecule has 5 rings (SSSR count). The molecule has 0 saturated carbocycles. The van der Waals surface area contributed by atoms with Crippen LogP contribution >= 0.6 is 0 Å². The summed E-state index contributed by atoms with van der Waals surface area (Å²) in [6.07, 6.45) is 1.85. The summed E-state index contributed by atoms with van der Waals surface area (Å²) >= 11 is 0. The lowest BCUT2D eigenvalue weighted by molar-refractivity contribution is 0.0941. The van der Waals surface area contributed by atoms with Gasteiger partial charge in [0.1, 0.15) is 11.5 Å². The molecule has 148 valence electrons. The predicted octanol–water partition coefficient (Wildman–Crippen LogP) is 3.80. The molecular weight excluding hydrogens is 381 g/mol. The van der Waals surface area contributed by atoms with Crippen molar-refractivity contribution in [1.82, 2.24) is 24.5 Å². The van der Waals surface area contributed by atoms with E-state index in [1.807, 2.05) is 63.7 Å². The first-order valence-corrected chi connectivity index (χ1v) is 9.59. The number of pyridine rings is 1. The number of hydrogen-bond donors (Lipinski definition) is 1. The van der Waals surface area contributed by atoms with Crippen LogP contribution in [-0.2, 0) is 13.1 Å². The quantitative estimate of drug-likeness (QED) is 0.489. The van der Waals surface area contributed by atoms with E-state index in [4.69, 9.17) is 0 Å². The second-order valence-electron chi connectivity index (χ2n) is 6.99. The number of carbonyl (C=O) groups is 1. The van der Waals surface area contributed by atoms with Gasteiger partial charge in [-0.2, -0.15) is 0 Å². The van der Waals surface area contributed by atoms with E-state index in [1.165, 1.54) is 6.07 Å². The molecule has 1 amide bonds. The molecule has 0 bridgehead atoms. The van der Waals surface area contributed by atoms with Gasteiger partial charge in [0.15, 0.2) is 11.5 Å². The molecule has 0 saturated heterocycles. The summed E-state index contributed by atoms with van der Waals surface area (Å²) in [6.45, 7) is 0.488. The highest BCUT2D eigenvalue weighted by Crippen LogP contribution is 2.22. The molecule has 3 heterocycles. The van der Waals surface area contributed by atoms with Crippen LogP contribution in [0.2, 0.25) is 0 Å². The Bertz CT molecular complexity index is 1370. The Morgan fingerprint density at radius 3 is 2.67 bits per heavy atom. The summed E-state index contributed by atoms with van der Waals surface area (Å²) in [5, 5.41) is 12.1. The number of halogens is 1. The lowest BCUT2D eigenvalue weighted by Gasteiger charge is -2.12. The zero-order chi connectivity index (χ0) is 20.5. The number of para-hydroxylation sites is 1. The molecule has 30 heavy (non-hydrogen) atoms. The van der Waals surface area contributed by atoms with Crippen molar-refractivity contribution in [1.29, 1.82) is 0 Å². The molecule has 0 spiro atoms. The number of nitrogens with one attached hydrogen (secondary N) is 1. The molecule has 6 nitrogen and oxygen atoms in total. The first kappa shape index (κ1) is 18.1. The number of hydrogen-bond acceptors (Lipinski definition) is 3. The van der Waals surface area contributed by atoms with Gasteiger partial charge in [-0.1, -0.05) is 42.5 Å². The summed E-state index contributed by atoms with van der Waals surface area (Å²) in [5.74, 6) is 0.0857. The average molecular weight is 399 g/mol. The number of amides is 1. The van der Waals surface area contributed by atoms with Gasteiger partial charge in [-0.05, 0) is 30.3 Å². The lowest BCUT2D eigenvalue weighted by atomic mass is 10.2. The summed E-state index contributed by atoms with van der Waals surface area (Å²) in [7, 11) is 0. The third kappa shape index (κ3) is 3.20. The number of nitrogens with zero attached hydrogens (tertiary/aromatic N) is 4. The van der Waals surface area contributed by atoms with Gasteiger partial charge in [0, 0.05) is 22.7 Å². The Morgan fingerprint density at radius 1 is 0.967 bits per heavy atom. The van der Waals surface area contributed by atoms with Gasteiger partial charge in [-0.15, -0.1) is 10.2 Å². The molecular formula is C23H18FN5O. The Morgan fingerprint density at radius 2 is 1.77 bits per heavy atom. The Labute approximate surface area is 171 Å². The van der Waals surface area contributed by atoms with E-state index in [0.29, 0.717) is 17.1 Å². The van der Waals surface area contributed by atoms with Crippen LogP contribution in [-0.4, -0.2) is 25.1 Å². The highest BCUT2D eigenvalue weighted by molar-refractivity contribution is 5.98. The SMILES string of the molecule is O=C(NCc1nnc2ccccn12)c1cc2ccccc2n1Cc1ccccc1F. The standard InChI is InChI=1S/C23H18FN5O/c24-18-9-3-1-8-17(18)15-29-19-10-4-2-7-16(19)13-20(29)23(30)25-14-22-27-26-21-11-5-6-12-28(21)22/h1-13H,14-15H2,(H,25,30). The number of benzene rings is 2.